The lowest BCUT2D eigenvalue weighted by Crippen LogP contribution is -2.26. The summed E-state index contributed by atoms with van der Waals surface area (Å²) in [4.78, 5) is 24.9. The van der Waals surface area contributed by atoms with Crippen LogP contribution in [-0.2, 0) is 14.6 Å². The maximum atomic E-state index is 13.3. The maximum Gasteiger partial charge on any atom is 0.271 e. The summed E-state index contributed by atoms with van der Waals surface area (Å²) in [5.41, 5.74) is 0.629. The van der Waals surface area contributed by atoms with Gasteiger partial charge in [-0.3, -0.25) is 13.5 Å². The zero-order chi connectivity index (χ0) is 22.8. The normalized spacial score (nSPS) is 12.5. The topological polar surface area (TPSA) is 104 Å². The van der Waals surface area contributed by atoms with Crippen molar-refractivity contribution >= 4 is 43.1 Å². The third-order valence-corrected chi connectivity index (χ3v) is 6.64. The maximum absolute atomic E-state index is 13.3. The largest absolute Gasteiger partial charge is 0.493 e. The van der Waals surface area contributed by atoms with E-state index in [1.807, 2.05) is 6.92 Å². The molecule has 0 aliphatic rings. The fourth-order valence-corrected chi connectivity index (χ4v) is 5.49. The third kappa shape index (κ3) is 5.08. The highest BCUT2D eigenvalue weighted by Gasteiger charge is 2.25. The molecular formula is C21H24N2O6S2. The van der Waals surface area contributed by atoms with E-state index < -0.39 is 15.9 Å². The van der Waals surface area contributed by atoms with Gasteiger partial charge >= 0.3 is 0 Å². The molecule has 8 nitrogen and oxygen atoms in total. The van der Waals surface area contributed by atoms with E-state index in [0.29, 0.717) is 39.4 Å². The Morgan fingerprint density at radius 1 is 1.23 bits per heavy atom. The quantitative estimate of drug-likeness (QED) is 0.550. The van der Waals surface area contributed by atoms with E-state index >= 15 is 0 Å². The molecule has 0 spiro atoms. The average molecular weight is 465 g/mol. The Morgan fingerprint density at radius 2 is 1.97 bits per heavy atom. The highest BCUT2D eigenvalue weighted by Crippen LogP contribution is 2.34. The Morgan fingerprint density at radius 3 is 2.58 bits per heavy atom. The first-order valence-corrected chi connectivity index (χ1v) is 12.4. The summed E-state index contributed by atoms with van der Waals surface area (Å²) in [5, 5.41) is 3.02. The van der Waals surface area contributed by atoms with Crippen molar-refractivity contribution in [2.75, 3.05) is 31.0 Å². The lowest BCUT2D eigenvalue weighted by molar-refractivity contribution is -0.114. The van der Waals surface area contributed by atoms with Crippen molar-refractivity contribution in [2.45, 2.75) is 19.9 Å². The van der Waals surface area contributed by atoms with Crippen LogP contribution in [0.15, 0.2) is 41.2 Å². The smallest absolute Gasteiger partial charge is 0.271 e. The van der Waals surface area contributed by atoms with Crippen LogP contribution in [0.5, 0.6) is 11.5 Å². The van der Waals surface area contributed by atoms with E-state index in [9.17, 15) is 18.0 Å². The Balaban J connectivity index is 2.22. The molecule has 0 bridgehead atoms. The number of benzene rings is 2. The lowest BCUT2D eigenvalue weighted by atomic mass is 10.1. The molecule has 1 aromatic heterocycles. The number of hydrogen-bond acceptors (Lipinski definition) is 7. The monoisotopic (exact) mass is 464 g/mol. The number of aromatic nitrogens is 1. The summed E-state index contributed by atoms with van der Waals surface area (Å²) in [7, 11) is -1.92. The fourth-order valence-electron chi connectivity index (χ4n) is 3.34. The van der Waals surface area contributed by atoms with Gasteiger partial charge in [-0.1, -0.05) is 23.7 Å². The number of ether oxygens (including phenoxy) is 2. The van der Waals surface area contributed by atoms with Gasteiger partial charge in [0.25, 0.3) is 5.56 Å². The van der Waals surface area contributed by atoms with Gasteiger partial charge in [0.05, 0.1) is 41.3 Å². The van der Waals surface area contributed by atoms with Gasteiger partial charge in [-0.15, -0.1) is 0 Å². The first kappa shape index (κ1) is 22.8. The minimum atomic E-state index is -3.44. The molecule has 10 heteroatoms. The van der Waals surface area contributed by atoms with Crippen LogP contribution in [0.25, 0.3) is 10.1 Å². The predicted octanol–water partition coefficient (Wildman–Crippen LogP) is 3.06. The number of methoxy groups -OCH3 is 1. The second-order valence-corrected chi connectivity index (χ2v) is 10.2. The van der Waals surface area contributed by atoms with Crippen LogP contribution in [0.4, 0.5) is 5.69 Å². The molecule has 1 heterocycles. The van der Waals surface area contributed by atoms with E-state index in [0.717, 1.165) is 17.8 Å². The fraction of sp³-hybridized carbons (Fsp3) is 0.333. The molecule has 0 unspecified atom stereocenters. The van der Waals surface area contributed by atoms with E-state index in [1.54, 1.807) is 36.4 Å². The van der Waals surface area contributed by atoms with Crippen molar-refractivity contribution in [1.29, 1.82) is 0 Å². The molecule has 1 amide bonds. The second-order valence-electron chi connectivity index (χ2n) is 7.03. The zero-order valence-corrected chi connectivity index (χ0v) is 19.3. The summed E-state index contributed by atoms with van der Waals surface area (Å²) >= 11 is 1.15. The van der Waals surface area contributed by atoms with Crippen molar-refractivity contribution < 1.29 is 22.7 Å². The van der Waals surface area contributed by atoms with Crippen molar-refractivity contribution in [1.82, 2.24) is 3.96 Å². The number of rotatable bonds is 8. The SMILES string of the molecule is CCOc1cc([C@@H](CS(C)(=O)=O)n2sc3cccc(NC(C)=O)c3c2=O)ccc1OC. The van der Waals surface area contributed by atoms with Crippen LogP contribution in [0.1, 0.15) is 25.5 Å². The van der Waals surface area contributed by atoms with Gasteiger partial charge in [0, 0.05) is 13.2 Å². The minimum absolute atomic E-state index is 0.271. The summed E-state index contributed by atoms with van der Waals surface area (Å²) in [6.07, 6.45) is 1.13. The predicted molar refractivity (Wildman–Crippen MR) is 122 cm³/mol. The molecule has 0 radical (unpaired) electrons. The summed E-state index contributed by atoms with van der Waals surface area (Å²) in [6.45, 7) is 3.60. The van der Waals surface area contributed by atoms with Crippen molar-refractivity contribution in [2.24, 2.45) is 0 Å². The van der Waals surface area contributed by atoms with Gasteiger partial charge in [0.1, 0.15) is 9.84 Å². The molecule has 0 fully saturated rings. The highest BCUT2D eigenvalue weighted by atomic mass is 32.2. The second kappa shape index (κ2) is 9.11. The number of sulfone groups is 1. The van der Waals surface area contributed by atoms with Crippen LogP contribution >= 0.6 is 11.5 Å². The number of carbonyl (C=O) groups excluding carboxylic acids is 1. The van der Waals surface area contributed by atoms with Crippen LogP contribution < -0.4 is 20.3 Å². The Kier molecular flexibility index (Phi) is 6.71. The first-order chi connectivity index (χ1) is 14.6. The molecule has 1 N–H and O–H groups in total. The Labute approximate surface area is 184 Å². The van der Waals surface area contributed by atoms with E-state index in [2.05, 4.69) is 5.32 Å². The summed E-state index contributed by atoms with van der Waals surface area (Å²) in [5.74, 6) is 0.413. The lowest BCUT2D eigenvalue weighted by Gasteiger charge is -2.19. The van der Waals surface area contributed by atoms with E-state index in [-0.39, 0.29) is 17.2 Å². The average Bonchev–Trinajstić information content (AvgIpc) is 3.03. The van der Waals surface area contributed by atoms with Crippen molar-refractivity contribution in [3.05, 3.63) is 52.3 Å². The molecule has 2 aromatic carbocycles. The summed E-state index contributed by atoms with van der Waals surface area (Å²) < 4.78 is 37.5. The van der Waals surface area contributed by atoms with Crippen LogP contribution in [0, 0.1) is 0 Å². The number of nitrogens with one attached hydrogen (secondary N) is 1. The highest BCUT2D eigenvalue weighted by molar-refractivity contribution is 7.90. The molecule has 1 atom stereocenters. The molecule has 0 saturated carbocycles. The van der Waals surface area contributed by atoms with E-state index in [4.69, 9.17) is 9.47 Å². The molecular weight excluding hydrogens is 440 g/mol. The number of carbonyl (C=O) groups is 1. The van der Waals surface area contributed by atoms with Gasteiger partial charge in [-0.2, -0.15) is 0 Å². The molecule has 3 rings (SSSR count). The van der Waals surface area contributed by atoms with Gasteiger partial charge in [-0.05, 0) is 36.8 Å². The molecule has 0 aliphatic carbocycles. The number of nitrogens with zero attached hydrogens (tertiary/aromatic N) is 1. The third-order valence-electron chi connectivity index (χ3n) is 4.56. The minimum Gasteiger partial charge on any atom is -0.493 e. The van der Waals surface area contributed by atoms with Gasteiger partial charge in [0.15, 0.2) is 11.5 Å². The van der Waals surface area contributed by atoms with Gasteiger partial charge in [0.2, 0.25) is 5.91 Å². The number of amides is 1. The number of anilines is 1. The number of hydrogen-bond donors (Lipinski definition) is 1. The van der Waals surface area contributed by atoms with E-state index in [1.165, 1.54) is 18.0 Å². The standard InChI is InChI=1S/C21H24N2O6S2/c1-5-29-18-11-14(9-10-17(18)28-3)16(12-31(4,26)27)23-21(25)20-15(22-13(2)24)7-6-8-19(20)30-23/h6-11,16H,5,12H2,1-4H3,(H,22,24)/t16-/m1/s1. The molecule has 31 heavy (non-hydrogen) atoms. The Hall–Kier alpha value is -2.85. The summed E-state index contributed by atoms with van der Waals surface area (Å²) in [6, 6.07) is 9.49. The first-order valence-electron chi connectivity index (χ1n) is 9.55. The van der Waals surface area contributed by atoms with Crippen molar-refractivity contribution in [3.63, 3.8) is 0 Å². The molecule has 0 aliphatic heterocycles. The van der Waals surface area contributed by atoms with Crippen LogP contribution in [-0.4, -0.2) is 44.0 Å². The van der Waals surface area contributed by atoms with Gasteiger partial charge < -0.3 is 14.8 Å². The zero-order valence-electron chi connectivity index (χ0n) is 17.7. The number of fused-ring (bicyclic) bond motifs is 1. The van der Waals surface area contributed by atoms with Crippen LogP contribution in [0.2, 0.25) is 0 Å². The van der Waals surface area contributed by atoms with Crippen LogP contribution in [0.3, 0.4) is 0 Å². The Bertz CT molecular complexity index is 1280. The van der Waals surface area contributed by atoms with Crippen molar-refractivity contribution in [3.8, 4) is 11.5 Å². The molecule has 166 valence electrons. The molecule has 3 aromatic rings. The van der Waals surface area contributed by atoms with Gasteiger partial charge in [-0.25, -0.2) is 8.42 Å². The molecule has 0 saturated heterocycles.